The van der Waals surface area contributed by atoms with Gasteiger partial charge in [-0.1, -0.05) is 6.08 Å². The zero-order valence-electron chi connectivity index (χ0n) is 12.3. The van der Waals surface area contributed by atoms with Gasteiger partial charge >= 0.3 is 0 Å². The summed E-state index contributed by atoms with van der Waals surface area (Å²) in [5, 5.41) is 3.36. The van der Waals surface area contributed by atoms with Crippen LogP contribution in [0.1, 0.15) is 42.2 Å². The Bertz CT molecular complexity index is 446. The lowest BCUT2D eigenvalue weighted by Gasteiger charge is -2.27. The van der Waals surface area contributed by atoms with Crippen LogP contribution in [0.15, 0.2) is 31.0 Å². The highest BCUT2D eigenvalue weighted by atomic mass is 16.2. The first-order valence-corrected chi connectivity index (χ1v) is 7.48. The Hall–Kier alpha value is -1.55. The van der Waals surface area contributed by atoms with E-state index < -0.39 is 0 Å². The second kappa shape index (κ2) is 7.29. The number of hydrogen-bond donors (Lipinski definition) is 1. The molecular weight excluding hydrogens is 250 g/mol. The molecule has 1 aromatic rings. The topological polar surface area (TPSA) is 37.3 Å². The van der Waals surface area contributed by atoms with Crippen molar-refractivity contribution in [3.05, 3.63) is 36.7 Å². The zero-order chi connectivity index (χ0) is 14.4. The maximum absolute atomic E-state index is 12.5. The van der Waals surface area contributed by atoms with Crippen molar-refractivity contribution in [2.75, 3.05) is 26.7 Å². The maximum Gasteiger partial charge on any atom is 0.270 e. The Morgan fingerprint density at radius 3 is 3.00 bits per heavy atom. The molecule has 1 saturated heterocycles. The number of piperidine rings is 1. The maximum atomic E-state index is 12.5. The number of unbranched alkanes of at least 4 members (excludes halogenated alkanes) is 1. The van der Waals surface area contributed by atoms with Gasteiger partial charge in [0.2, 0.25) is 0 Å². The molecule has 4 heteroatoms. The van der Waals surface area contributed by atoms with Gasteiger partial charge in [-0.3, -0.25) is 4.79 Å². The molecule has 0 unspecified atom stereocenters. The number of allylic oxidation sites excluding steroid dienone is 1. The van der Waals surface area contributed by atoms with Gasteiger partial charge in [0.15, 0.2) is 0 Å². The third-order valence-electron chi connectivity index (χ3n) is 3.95. The summed E-state index contributed by atoms with van der Waals surface area (Å²) in [6.07, 6.45) is 8.05. The fourth-order valence-corrected chi connectivity index (χ4v) is 2.75. The average molecular weight is 275 g/mol. The minimum atomic E-state index is 0.123. The van der Waals surface area contributed by atoms with Crippen molar-refractivity contribution < 1.29 is 4.79 Å². The second-order valence-electron chi connectivity index (χ2n) is 5.44. The number of carbonyl (C=O) groups is 1. The van der Waals surface area contributed by atoms with E-state index in [1.54, 1.807) is 0 Å². The molecule has 1 aromatic heterocycles. The first-order valence-electron chi connectivity index (χ1n) is 7.48. The molecule has 0 atom stereocenters. The number of aromatic nitrogens is 1. The van der Waals surface area contributed by atoms with Crippen molar-refractivity contribution in [1.29, 1.82) is 0 Å². The fraction of sp³-hybridized carbons (Fsp3) is 0.562. The normalized spacial score (nSPS) is 16.1. The van der Waals surface area contributed by atoms with Gasteiger partial charge in [-0.2, -0.15) is 0 Å². The van der Waals surface area contributed by atoms with E-state index >= 15 is 0 Å². The van der Waals surface area contributed by atoms with Crippen LogP contribution in [0.25, 0.3) is 0 Å². The summed E-state index contributed by atoms with van der Waals surface area (Å²) in [4.78, 5) is 14.3. The third kappa shape index (κ3) is 3.51. The summed E-state index contributed by atoms with van der Waals surface area (Å²) in [7, 11) is 1.88. The molecule has 1 amide bonds. The molecule has 1 aliphatic rings. The minimum absolute atomic E-state index is 0.123. The van der Waals surface area contributed by atoms with Crippen LogP contribution in [0.4, 0.5) is 0 Å². The first-order chi connectivity index (χ1) is 9.74. The van der Waals surface area contributed by atoms with Crippen LogP contribution in [-0.4, -0.2) is 42.1 Å². The molecule has 0 spiro atoms. The average Bonchev–Trinajstić information content (AvgIpc) is 2.97. The molecule has 1 fully saturated rings. The number of rotatable bonds is 6. The van der Waals surface area contributed by atoms with Crippen LogP contribution in [0.2, 0.25) is 0 Å². The Morgan fingerprint density at radius 1 is 1.55 bits per heavy atom. The van der Waals surface area contributed by atoms with Crippen LogP contribution in [0, 0.1) is 0 Å². The zero-order valence-corrected chi connectivity index (χ0v) is 12.3. The molecule has 0 aromatic carbocycles. The van der Waals surface area contributed by atoms with Crippen LogP contribution in [0.5, 0.6) is 0 Å². The SMILES string of the molecule is C=CCCCN(C)C(=O)c1cccn1C1CCNCC1. The highest BCUT2D eigenvalue weighted by molar-refractivity contribution is 5.92. The Morgan fingerprint density at radius 2 is 2.30 bits per heavy atom. The standard InChI is InChI=1S/C16H25N3O/c1-3-4-5-12-18(2)16(20)15-7-6-13-19(15)14-8-10-17-11-9-14/h3,6-7,13-14,17H,1,4-5,8-12H2,2H3. The monoisotopic (exact) mass is 275 g/mol. The van der Waals surface area contributed by atoms with E-state index in [4.69, 9.17) is 0 Å². The van der Waals surface area contributed by atoms with Crippen molar-refractivity contribution in [3.63, 3.8) is 0 Å². The lowest BCUT2D eigenvalue weighted by atomic mass is 10.1. The minimum Gasteiger partial charge on any atom is -0.340 e. The predicted octanol–water partition coefficient (Wildman–Crippen LogP) is 2.45. The van der Waals surface area contributed by atoms with Crippen molar-refractivity contribution in [2.24, 2.45) is 0 Å². The first kappa shape index (κ1) is 14.9. The van der Waals surface area contributed by atoms with Gasteiger partial charge < -0.3 is 14.8 Å². The molecule has 110 valence electrons. The molecule has 2 heterocycles. The fourth-order valence-electron chi connectivity index (χ4n) is 2.75. The van der Waals surface area contributed by atoms with Gasteiger partial charge in [-0.05, 0) is 50.9 Å². The highest BCUT2D eigenvalue weighted by Crippen LogP contribution is 2.22. The van der Waals surface area contributed by atoms with Crippen LogP contribution in [-0.2, 0) is 0 Å². The number of nitrogens with zero attached hydrogens (tertiary/aromatic N) is 2. The molecule has 0 bridgehead atoms. The van der Waals surface area contributed by atoms with Gasteiger partial charge in [0.1, 0.15) is 5.69 Å². The molecular formula is C16H25N3O. The molecule has 4 nitrogen and oxygen atoms in total. The number of hydrogen-bond acceptors (Lipinski definition) is 2. The van der Waals surface area contributed by atoms with Crippen LogP contribution < -0.4 is 5.32 Å². The van der Waals surface area contributed by atoms with Gasteiger partial charge in [0.05, 0.1) is 0 Å². The molecule has 1 aliphatic heterocycles. The van der Waals surface area contributed by atoms with Gasteiger partial charge in [0, 0.05) is 25.8 Å². The third-order valence-corrected chi connectivity index (χ3v) is 3.95. The van der Waals surface area contributed by atoms with E-state index in [1.807, 2.05) is 36.4 Å². The Kier molecular flexibility index (Phi) is 5.41. The van der Waals surface area contributed by atoms with Crippen LogP contribution >= 0.6 is 0 Å². The van der Waals surface area contributed by atoms with Crippen molar-refractivity contribution >= 4 is 5.91 Å². The second-order valence-corrected chi connectivity index (χ2v) is 5.44. The number of carbonyl (C=O) groups excluding carboxylic acids is 1. The molecule has 0 saturated carbocycles. The van der Waals surface area contributed by atoms with Crippen LogP contribution in [0.3, 0.4) is 0 Å². The summed E-state index contributed by atoms with van der Waals surface area (Å²) >= 11 is 0. The molecule has 2 rings (SSSR count). The number of nitrogens with one attached hydrogen (secondary N) is 1. The highest BCUT2D eigenvalue weighted by Gasteiger charge is 2.21. The summed E-state index contributed by atoms with van der Waals surface area (Å²) in [5.41, 5.74) is 0.818. The van der Waals surface area contributed by atoms with Gasteiger partial charge in [0.25, 0.3) is 5.91 Å². The van der Waals surface area contributed by atoms with Crippen molar-refractivity contribution in [3.8, 4) is 0 Å². The lowest BCUT2D eigenvalue weighted by molar-refractivity contribution is 0.0779. The summed E-state index contributed by atoms with van der Waals surface area (Å²) in [6, 6.07) is 4.37. The molecule has 0 aliphatic carbocycles. The number of amides is 1. The summed E-state index contributed by atoms with van der Waals surface area (Å²) in [6.45, 7) is 6.56. The Balaban J connectivity index is 2.02. The Labute approximate surface area is 121 Å². The van der Waals surface area contributed by atoms with E-state index in [2.05, 4.69) is 16.5 Å². The largest absolute Gasteiger partial charge is 0.340 e. The van der Waals surface area contributed by atoms with Gasteiger partial charge in [-0.15, -0.1) is 6.58 Å². The van der Waals surface area contributed by atoms with E-state index in [0.717, 1.165) is 51.0 Å². The quantitative estimate of drug-likeness (QED) is 0.639. The molecule has 20 heavy (non-hydrogen) atoms. The predicted molar refractivity (Wildman–Crippen MR) is 82.0 cm³/mol. The van der Waals surface area contributed by atoms with Gasteiger partial charge in [-0.25, -0.2) is 0 Å². The van der Waals surface area contributed by atoms with E-state index in [-0.39, 0.29) is 5.91 Å². The van der Waals surface area contributed by atoms with E-state index in [1.165, 1.54) is 0 Å². The summed E-state index contributed by atoms with van der Waals surface area (Å²) in [5.74, 6) is 0.123. The van der Waals surface area contributed by atoms with E-state index in [0.29, 0.717) is 6.04 Å². The van der Waals surface area contributed by atoms with Crippen molar-refractivity contribution in [2.45, 2.75) is 31.7 Å². The van der Waals surface area contributed by atoms with E-state index in [9.17, 15) is 4.79 Å². The smallest absolute Gasteiger partial charge is 0.270 e. The van der Waals surface area contributed by atoms with Crippen molar-refractivity contribution in [1.82, 2.24) is 14.8 Å². The summed E-state index contributed by atoms with van der Waals surface area (Å²) < 4.78 is 2.16. The lowest BCUT2D eigenvalue weighted by Crippen LogP contribution is -2.33. The molecule has 1 N–H and O–H groups in total. The molecule has 0 radical (unpaired) electrons.